The van der Waals surface area contributed by atoms with Crippen LogP contribution in [0.4, 0.5) is 4.39 Å². The van der Waals surface area contributed by atoms with E-state index in [9.17, 15) is 29.2 Å². The Morgan fingerprint density at radius 1 is 0.910 bits per heavy atom. The van der Waals surface area contributed by atoms with Crippen LogP contribution in [0.1, 0.15) is 104 Å². The normalized spacial score (nSPS) is 16.8. The number of carbonyl (C=O) groups excluding carboxylic acids is 5. The van der Waals surface area contributed by atoms with Crippen LogP contribution < -0.4 is 32.0 Å². The number of carbonyl (C=O) groups is 5. The summed E-state index contributed by atoms with van der Waals surface area (Å²) in [4.78, 5) is 77.1. The average molecular weight is 918 g/mol. The molecule has 0 aliphatic carbocycles. The third-order valence-corrected chi connectivity index (χ3v) is 12.1. The Morgan fingerprint density at radius 3 is 2.16 bits per heavy atom. The SMILES string of the molecule is Cc1cc(-c2ccc(C(C)(C)C)cc2F)nc(C)c1C(=O)C[C@@H](CCN)C(=O)N(C)[C@@H]1C(=O)C[C@@H](C)C(=O)N[C@H](C(=O)CCC#N)Cc2ccc(OCCN)c(c2)-c2cc1ccc2OCCN. The molecule has 0 radical (unpaired) electrons. The number of hydrogen-bond acceptors (Lipinski definition) is 12. The summed E-state index contributed by atoms with van der Waals surface area (Å²) in [5.41, 5.74) is 22.4. The number of ether oxygens (including phenoxy) is 2. The number of nitrogens with one attached hydrogen (secondary N) is 1. The average Bonchev–Trinajstić information content (AvgIpc) is 3.28. The first kappa shape index (κ1) is 51.6. The Hall–Kier alpha value is -6.34. The molecule has 7 N–H and O–H groups in total. The number of nitrogens with two attached hydrogens (primary N) is 3. The smallest absolute Gasteiger partial charge is 0.226 e. The summed E-state index contributed by atoms with van der Waals surface area (Å²) < 4.78 is 27.7. The number of halogens is 1. The minimum absolute atomic E-state index is 0.0414. The van der Waals surface area contributed by atoms with Crippen molar-refractivity contribution in [3.05, 3.63) is 100.0 Å². The Morgan fingerprint density at radius 2 is 1.57 bits per heavy atom. The zero-order valence-corrected chi connectivity index (χ0v) is 39.7. The summed E-state index contributed by atoms with van der Waals surface area (Å²) in [6.45, 7) is 11.8. The van der Waals surface area contributed by atoms with E-state index in [-0.39, 0.29) is 88.4 Å². The van der Waals surface area contributed by atoms with Gasteiger partial charge < -0.3 is 36.9 Å². The Kier molecular flexibility index (Phi) is 17.7. The highest BCUT2D eigenvalue weighted by atomic mass is 19.1. The van der Waals surface area contributed by atoms with Gasteiger partial charge in [0.25, 0.3) is 0 Å². The van der Waals surface area contributed by atoms with E-state index >= 15 is 4.39 Å². The highest BCUT2D eigenvalue weighted by molar-refractivity contribution is 6.02. The molecule has 4 aromatic rings. The summed E-state index contributed by atoms with van der Waals surface area (Å²) in [5.74, 6) is -3.78. The maximum Gasteiger partial charge on any atom is 0.226 e. The summed E-state index contributed by atoms with van der Waals surface area (Å²) in [7, 11) is 1.48. The molecular formula is C52H64FN7O7. The molecule has 2 heterocycles. The van der Waals surface area contributed by atoms with E-state index in [0.717, 1.165) is 5.56 Å². The van der Waals surface area contributed by atoms with Crippen molar-refractivity contribution in [2.45, 2.75) is 97.6 Å². The topological polar surface area (TPSA) is 234 Å². The molecule has 0 saturated heterocycles. The van der Waals surface area contributed by atoms with E-state index < -0.39 is 47.3 Å². The predicted molar refractivity (Wildman–Crippen MR) is 255 cm³/mol. The number of nitriles is 1. The van der Waals surface area contributed by atoms with Gasteiger partial charge in [0.2, 0.25) is 11.8 Å². The number of amides is 2. The van der Waals surface area contributed by atoms with Crippen molar-refractivity contribution in [3.8, 4) is 40.0 Å². The highest BCUT2D eigenvalue weighted by Crippen LogP contribution is 2.41. The first-order valence-electron chi connectivity index (χ1n) is 22.8. The maximum atomic E-state index is 15.5. The van der Waals surface area contributed by atoms with Crippen molar-refractivity contribution in [1.82, 2.24) is 15.2 Å². The predicted octanol–water partition coefficient (Wildman–Crippen LogP) is 6.39. The van der Waals surface area contributed by atoms with Gasteiger partial charge >= 0.3 is 0 Å². The standard InChI is InChI=1S/C52H64FN7O7/c1-30-23-41(37-13-12-36(29-40(37)53)52(4,5)6)58-32(3)48(30)44(62)28-35(16-18-55)51(65)60(7)49-34-11-15-47(67-22-20-57)39(27-34)38-25-33(10-14-46(38)66-21-19-56)26-42(43(61)9-8-17-54)59-50(64)31(2)24-45(49)63/h10-15,23,25,27,29,31,35,42,49H,8-9,16,18-22,24,26,28,55-57H2,1-7H3,(H,59,64)/t31-,35-,42+,49+/m1/s1. The van der Waals surface area contributed by atoms with Crippen molar-refractivity contribution in [3.63, 3.8) is 0 Å². The maximum absolute atomic E-state index is 15.5. The van der Waals surface area contributed by atoms with Gasteiger partial charge in [-0.3, -0.25) is 29.0 Å². The van der Waals surface area contributed by atoms with Gasteiger partial charge in [-0.1, -0.05) is 45.9 Å². The number of aromatic nitrogens is 1. The van der Waals surface area contributed by atoms with Crippen molar-refractivity contribution < 1.29 is 37.8 Å². The highest BCUT2D eigenvalue weighted by Gasteiger charge is 2.36. The van der Waals surface area contributed by atoms with Crippen LogP contribution >= 0.6 is 0 Å². The van der Waals surface area contributed by atoms with E-state index in [1.54, 1.807) is 63.2 Å². The zero-order chi connectivity index (χ0) is 49.2. The molecule has 2 amide bonds. The fraction of sp³-hybridized carbons (Fsp3) is 0.442. The second kappa shape index (κ2) is 22.9. The third kappa shape index (κ3) is 12.6. The number of Topliss-reactive ketones (excluding diaryl/α,β-unsaturated/α-hetero) is 3. The fourth-order valence-corrected chi connectivity index (χ4v) is 8.55. The number of rotatable bonds is 17. The number of fused-ring (bicyclic) bond motifs is 5. The number of aryl methyl sites for hydroxylation is 2. The van der Waals surface area contributed by atoms with E-state index in [1.807, 2.05) is 39.0 Å². The van der Waals surface area contributed by atoms with Crippen molar-refractivity contribution in [2.75, 3.05) is 39.9 Å². The van der Waals surface area contributed by atoms with E-state index in [4.69, 9.17) is 26.7 Å². The molecule has 14 nitrogen and oxygen atoms in total. The minimum Gasteiger partial charge on any atom is -0.492 e. The monoisotopic (exact) mass is 917 g/mol. The number of ketones is 3. The third-order valence-electron chi connectivity index (χ3n) is 12.1. The van der Waals surface area contributed by atoms with Crippen LogP contribution in [0.3, 0.4) is 0 Å². The number of hydrogen-bond donors (Lipinski definition) is 4. The van der Waals surface area contributed by atoms with Gasteiger partial charge in [0, 0.05) is 85.6 Å². The molecule has 4 bridgehead atoms. The lowest BCUT2D eigenvalue weighted by Gasteiger charge is -2.32. The molecule has 15 heteroatoms. The fourth-order valence-electron chi connectivity index (χ4n) is 8.55. The lowest BCUT2D eigenvalue weighted by Crippen LogP contribution is -2.46. The molecule has 0 spiro atoms. The number of nitrogens with zero attached hydrogens (tertiary/aromatic N) is 3. The second-order valence-corrected chi connectivity index (χ2v) is 18.3. The lowest BCUT2D eigenvalue weighted by atomic mass is 9.86. The van der Waals surface area contributed by atoms with Gasteiger partial charge in [-0.2, -0.15) is 5.26 Å². The molecule has 3 aromatic carbocycles. The molecule has 1 aromatic heterocycles. The van der Waals surface area contributed by atoms with Crippen molar-refractivity contribution >= 4 is 29.2 Å². The zero-order valence-electron chi connectivity index (χ0n) is 39.7. The van der Waals surface area contributed by atoms with Gasteiger partial charge in [0.05, 0.1) is 17.8 Å². The molecule has 67 heavy (non-hydrogen) atoms. The summed E-state index contributed by atoms with van der Waals surface area (Å²) >= 11 is 0. The minimum atomic E-state index is -1.27. The van der Waals surface area contributed by atoms with Crippen LogP contribution in [0.2, 0.25) is 0 Å². The van der Waals surface area contributed by atoms with E-state index in [0.29, 0.717) is 61.8 Å². The Balaban J connectivity index is 1.58. The van der Waals surface area contributed by atoms with Crippen LogP contribution in [-0.4, -0.2) is 85.0 Å². The van der Waals surface area contributed by atoms with Crippen LogP contribution in [0.25, 0.3) is 22.4 Å². The molecule has 4 atom stereocenters. The van der Waals surface area contributed by atoms with Gasteiger partial charge in [-0.25, -0.2) is 4.39 Å². The molecule has 356 valence electrons. The number of benzene rings is 3. The molecule has 0 fully saturated rings. The molecule has 1 aliphatic rings. The Bertz CT molecular complexity index is 2510. The molecular weight excluding hydrogens is 854 g/mol. The van der Waals surface area contributed by atoms with Crippen LogP contribution in [0.5, 0.6) is 11.5 Å². The lowest BCUT2D eigenvalue weighted by molar-refractivity contribution is -0.142. The second-order valence-electron chi connectivity index (χ2n) is 18.3. The molecule has 1 aliphatic heterocycles. The molecule has 0 saturated carbocycles. The number of likely N-dealkylation sites (N-methyl/N-ethyl adjacent to an activating group) is 1. The summed E-state index contributed by atoms with van der Waals surface area (Å²) in [5, 5.41) is 12.1. The van der Waals surface area contributed by atoms with Crippen molar-refractivity contribution in [1.29, 1.82) is 5.26 Å². The van der Waals surface area contributed by atoms with Gasteiger partial charge in [0.1, 0.15) is 36.6 Å². The molecule has 5 rings (SSSR count). The first-order chi connectivity index (χ1) is 31.8. The first-order valence-corrected chi connectivity index (χ1v) is 22.8. The quantitative estimate of drug-likeness (QED) is 0.0844. The summed E-state index contributed by atoms with van der Waals surface area (Å²) in [6.07, 6.45) is -0.515. The van der Waals surface area contributed by atoms with Crippen LogP contribution in [-0.2, 0) is 31.0 Å². The van der Waals surface area contributed by atoms with Gasteiger partial charge in [0.15, 0.2) is 17.3 Å². The largest absolute Gasteiger partial charge is 0.492 e. The van der Waals surface area contributed by atoms with Gasteiger partial charge in [-0.15, -0.1) is 0 Å². The van der Waals surface area contributed by atoms with E-state index in [2.05, 4.69) is 10.3 Å². The van der Waals surface area contributed by atoms with Crippen LogP contribution in [0.15, 0.2) is 60.7 Å². The Labute approximate surface area is 392 Å². The van der Waals surface area contributed by atoms with Gasteiger partial charge in [-0.05, 0) is 103 Å². The van der Waals surface area contributed by atoms with E-state index in [1.165, 1.54) is 18.0 Å². The summed E-state index contributed by atoms with van der Waals surface area (Å²) in [6, 6.07) is 16.8. The van der Waals surface area contributed by atoms with Crippen LogP contribution in [0, 0.1) is 42.8 Å². The van der Waals surface area contributed by atoms with Crippen molar-refractivity contribution in [2.24, 2.45) is 29.0 Å². The molecule has 0 unspecified atom stereocenters. The number of pyridine rings is 1.